The lowest BCUT2D eigenvalue weighted by atomic mass is 10.1. The van der Waals surface area contributed by atoms with Crippen molar-refractivity contribution in [2.45, 2.75) is 49.6 Å². The largest absolute Gasteiger partial charge is 0.341 e. The van der Waals surface area contributed by atoms with Gasteiger partial charge in [0.2, 0.25) is 11.8 Å². The summed E-state index contributed by atoms with van der Waals surface area (Å²) in [5.74, 6) is -1.55. The van der Waals surface area contributed by atoms with Crippen molar-refractivity contribution < 1.29 is 22.8 Å². The first-order valence-electron chi connectivity index (χ1n) is 13.0. The second kappa shape index (κ2) is 10.9. The first-order valence-corrected chi connectivity index (χ1v) is 14.8. The molecular formula is C28H29ClN4O5S. The predicted octanol–water partition coefficient (Wildman–Crippen LogP) is 3.72. The number of likely N-dealkylation sites (tertiary alicyclic amines) is 2. The van der Waals surface area contributed by atoms with Crippen LogP contribution in [0.5, 0.6) is 0 Å². The normalized spacial score (nSPS) is 18.8. The Labute approximate surface area is 232 Å². The molecule has 2 fully saturated rings. The molecule has 39 heavy (non-hydrogen) atoms. The lowest BCUT2D eigenvalue weighted by Gasteiger charge is -2.33. The van der Waals surface area contributed by atoms with Gasteiger partial charge in [0.1, 0.15) is 12.1 Å². The van der Waals surface area contributed by atoms with E-state index in [-0.39, 0.29) is 29.3 Å². The van der Waals surface area contributed by atoms with E-state index < -0.39 is 33.9 Å². The van der Waals surface area contributed by atoms with Crippen LogP contribution in [0.3, 0.4) is 0 Å². The van der Waals surface area contributed by atoms with E-state index in [1.165, 1.54) is 41.6 Å². The molecule has 2 atom stereocenters. The standard InChI is InChI=1S/C28H29ClN4O5S/c1-19(26(34)31-14-3-2-4-15-31)32-16-11-25(28(32)36)33(27(35)20-9-12-30-13-10-20)39(37,38)24-8-6-21-17-23(29)7-5-22(21)18-24/h5-10,12-13,17-19,25H,2-4,11,14-16H2,1H3/t19-,25-/m0/s1. The van der Waals surface area contributed by atoms with Gasteiger partial charge in [0.05, 0.1) is 4.90 Å². The molecule has 204 valence electrons. The van der Waals surface area contributed by atoms with E-state index in [1.54, 1.807) is 36.1 Å². The smallest absolute Gasteiger partial charge is 0.268 e. The van der Waals surface area contributed by atoms with E-state index in [0.29, 0.717) is 27.8 Å². The number of amides is 3. The maximum atomic E-state index is 14.1. The van der Waals surface area contributed by atoms with Crippen LogP contribution in [0.2, 0.25) is 5.02 Å². The van der Waals surface area contributed by atoms with Crippen molar-refractivity contribution in [3.05, 3.63) is 71.5 Å². The number of sulfonamides is 1. The lowest BCUT2D eigenvalue weighted by molar-refractivity contribution is -0.144. The highest BCUT2D eigenvalue weighted by atomic mass is 35.5. The quantitative estimate of drug-likeness (QED) is 0.448. The average Bonchev–Trinajstić information content (AvgIpc) is 3.33. The van der Waals surface area contributed by atoms with Crippen LogP contribution in [0.1, 0.15) is 43.0 Å². The maximum Gasteiger partial charge on any atom is 0.268 e. The fourth-order valence-corrected chi connectivity index (χ4v) is 7.09. The van der Waals surface area contributed by atoms with Gasteiger partial charge in [0.15, 0.2) is 0 Å². The third-order valence-corrected chi connectivity index (χ3v) is 9.47. The second-order valence-corrected chi connectivity index (χ2v) is 12.1. The summed E-state index contributed by atoms with van der Waals surface area (Å²) in [7, 11) is -4.47. The van der Waals surface area contributed by atoms with E-state index in [0.717, 1.165) is 24.6 Å². The number of rotatable bonds is 6. The summed E-state index contributed by atoms with van der Waals surface area (Å²) in [5.41, 5.74) is 0.0878. The molecule has 3 amide bonds. The molecule has 2 aromatic carbocycles. The number of halogens is 1. The molecule has 0 unspecified atom stereocenters. The topological polar surface area (TPSA) is 108 Å². The number of nitrogens with zero attached hydrogens (tertiary/aromatic N) is 4. The maximum absolute atomic E-state index is 14.1. The lowest BCUT2D eigenvalue weighted by Crippen LogP contribution is -2.53. The number of piperidine rings is 1. The minimum Gasteiger partial charge on any atom is -0.341 e. The molecule has 5 rings (SSSR count). The van der Waals surface area contributed by atoms with E-state index >= 15 is 0 Å². The molecule has 9 nitrogen and oxygen atoms in total. The Hall–Kier alpha value is -3.50. The molecule has 11 heteroatoms. The zero-order valence-corrected chi connectivity index (χ0v) is 23.1. The minimum atomic E-state index is -4.47. The van der Waals surface area contributed by atoms with Crippen LogP contribution in [0, 0.1) is 0 Å². The van der Waals surface area contributed by atoms with E-state index in [4.69, 9.17) is 11.6 Å². The van der Waals surface area contributed by atoms with Crippen LogP contribution >= 0.6 is 11.6 Å². The number of pyridine rings is 1. The monoisotopic (exact) mass is 568 g/mol. The van der Waals surface area contributed by atoms with Crippen molar-refractivity contribution in [1.82, 2.24) is 19.1 Å². The van der Waals surface area contributed by atoms with Crippen LogP contribution in [0.4, 0.5) is 0 Å². The molecule has 0 radical (unpaired) electrons. The first-order chi connectivity index (χ1) is 18.7. The summed E-state index contributed by atoms with van der Waals surface area (Å²) in [4.78, 5) is 47.5. The van der Waals surface area contributed by atoms with Crippen LogP contribution < -0.4 is 0 Å². The van der Waals surface area contributed by atoms with Crippen molar-refractivity contribution in [3.8, 4) is 0 Å². The number of carbonyl (C=O) groups excluding carboxylic acids is 3. The Kier molecular flexibility index (Phi) is 7.59. The van der Waals surface area contributed by atoms with E-state index in [9.17, 15) is 22.8 Å². The Morgan fingerprint density at radius 2 is 1.64 bits per heavy atom. The summed E-state index contributed by atoms with van der Waals surface area (Å²) >= 11 is 6.08. The third-order valence-electron chi connectivity index (χ3n) is 7.45. The molecule has 0 spiro atoms. The Balaban J connectivity index is 1.50. The summed E-state index contributed by atoms with van der Waals surface area (Å²) in [5, 5.41) is 1.87. The van der Waals surface area contributed by atoms with E-state index in [1.807, 2.05) is 0 Å². The fraction of sp³-hybridized carbons (Fsp3) is 0.357. The van der Waals surface area contributed by atoms with Gasteiger partial charge >= 0.3 is 0 Å². The van der Waals surface area contributed by atoms with Crippen LogP contribution in [-0.4, -0.2) is 76.9 Å². The average molecular weight is 569 g/mol. The van der Waals surface area contributed by atoms with Gasteiger partial charge in [-0.3, -0.25) is 19.4 Å². The van der Waals surface area contributed by atoms with Crippen LogP contribution in [-0.2, 0) is 19.6 Å². The first kappa shape index (κ1) is 27.1. The third kappa shape index (κ3) is 5.23. The van der Waals surface area contributed by atoms with Gasteiger partial charge in [-0.1, -0.05) is 23.7 Å². The van der Waals surface area contributed by atoms with Gasteiger partial charge < -0.3 is 9.80 Å². The Morgan fingerprint density at radius 1 is 0.974 bits per heavy atom. The molecular weight excluding hydrogens is 540 g/mol. The molecule has 0 N–H and O–H groups in total. The predicted molar refractivity (Wildman–Crippen MR) is 147 cm³/mol. The summed E-state index contributed by atoms with van der Waals surface area (Å²) in [6, 6.07) is 10.3. The van der Waals surface area contributed by atoms with Crippen molar-refractivity contribution >= 4 is 50.1 Å². The zero-order valence-electron chi connectivity index (χ0n) is 21.5. The van der Waals surface area contributed by atoms with Crippen LogP contribution in [0.25, 0.3) is 10.8 Å². The Morgan fingerprint density at radius 3 is 2.36 bits per heavy atom. The summed E-state index contributed by atoms with van der Waals surface area (Å²) in [6.45, 7) is 3.11. The number of fused-ring (bicyclic) bond motifs is 1. The summed E-state index contributed by atoms with van der Waals surface area (Å²) < 4.78 is 28.8. The van der Waals surface area contributed by atoms with Gasteiger partial charge in [-0.15, -0.1) is 0 Å². The number of aromatic nitrogens is 1. The molecule has 0 saturated carbocycles. The van der Waals surface area contributed by atoms with Gasteiger partial charge in [-0.05, 0) is 79.8 Å². The van der Waals surface area contributed by atoms with Crippen molar-refractivity contribution in [2.75, 3.05) is 19.6 Å². The van der Waals surface area contributed by atoms with E-state index in [2.05, 4.69) is 4.98 Å². The molecule has 0 aliphatic carbocycles. The molecule has 2 saturated heterocycles. The number of hydrogen-bond donors (Lipinski definition) is 0. The van der Waals surface area contributed by atoms with Gasteiger partial charge in [-0.25, -0.2) is 12.7 Å². The highest BCUT2D eigenvalue weighted by Crippen LogP contribution is 2.30. The number of benzene rings is 2. The highest BCUT2D eigenvalue weighted by molar-refractivity contribution is 7.89. The Bertz CT molecular complexity index is 1530. The highest BCUT2D eigenvalue weighted by Gasteiger charge is 2.47. The molecule has 2 aliphatic heterocycles. The zero-order chi connectivity index (χ0) is 27.7. The fourth-order valence-electron chi connectivity index (χ4n) is 5.31. The molecule has 1 aromatic heterocycles. The number of carbonyl (C=O) groups is 3. The second-order valence-electron chi connectivity index (χ2n) is 9.89. The van der Waals surface area contributed by atoms with Crippen LogP contribution in [0.15, 0.2) is 65.8 Å². The molecule has 3 heterocycles. The minimum absolute atomic E-state index is 0.0791. The van der Waals surface area contributed by atoms with Gasteiger partial charge in [0.25, 0.3) is 15.9 Å². The van der Waals surface area contributed by atoms with Crippen molar-refractivity contribution in [1.29, 1.82) is 0 Å². The molecule has 0 bridgehead atoms. The SMILES string of the molecule is C[C@@H](C(=O)N1CCCCC1)N1CC[C@H](N(C(=O)c2ccncc2)S(=O)(=O)c2ccc3cc(Cl)ccc3c2)C1=O. The number of hydrogen-bond acceptors (Lipinski definition) is 6. The van der Waals surface area contributed by atoms with Gasteiger partial charge in [0, 0.05) is 42.6 Å². The summed E-state index contributed by atoms with van der Waals surface area (Å²) in [6.07, 6.45) is 5.75. The van der Waals surface area contributed by atoms with Gasteiger partial charge in [-0.2, -0.15) is 0 Å². The van der Waals surface area contributed by atoms with Crippen molar-refractivity contribution in [2.24, 2.45) is 0 Å². The molecule has 3 aromatic rings. The molecule has 2 aliphatic rings. The van der Waals surface area contributed by atoms with Crippen molar-refractivity contribution in [3.63, 3.8) is 0 Å².